The maximum absolute atomic E-state index is 12.6. The summed E-state index contributed by atoms with van der Waals surface area (Å²) in [5, 5.41) is 0. The molecule has 0 spiro atoms. The van der Waals surface area contributed by atoms with E-state index in [0.717, 1.165) is 24.3 Å². The topological polar surface area (TPSA) is 46.6 Å². The van der Waals surface area contributed by atoms with Gasteiger partial charge in [-0.25, -0.2) is 12.7 Å². The van der Waals surface area contributed by atoms with E-state index in [0.29, 0.717) is 27.7 Å². The average Bonchev–Trinajstić information content (AvgIpc) is 2.82. The minimum Gasteiger partial charge on any atom is -0.381 e. The van der Waals surface area contributed by atoms with Crippen LogP contribution in [0.3, 0.4) is 0 Å². The first kappa shape index (κ1) is 16.7. The highest BCUT2D eigenvalue weighted by Gasteiger charge is 2.28. The summed E-state index contributed by atoms with van der Waals surface area (Å²) in [5.41, 5.74) is 0. The number of sulfonamides is 1. The zero-order chi connectivity index (χ0) is 14.8. The van der Waals surface area contributed by atoms with Gasteiger partial charge in [-0.3, -0.25) is 0 Å². The Morgan fingerprint density at radius 3 is 2.90 bits per heavy atom. The summed E-state index contributed by atoms with van der Waals surface area (Å²) in [5.74, 6) is 0.590. The van der Waals surface area contributed by atoms with Crippen LogP contribution in [-0.2, 0) is 20.6 Å². The molecule has 20 heavy (non-hydrogen) atoms. The van der Waals surface area contributed by atoms with Gasteiger partial charge >= 0.3 is 0 Å². The molecule has 0 N–H and O–H groups in total. The highest BCUT2D eigenvalue weighted by molar-refractivity contribution is 9.11. The number of hydrogen-bond acceptors (Lipinski definition) is 4. The monoisotopic (exact) mass is 401 g/mol. The molecule has 8 heteroatoms. The number of hydrogen-bond donors (Lipinski definition) is 0. The highest BCUT2D eigenvalue weighted by atomic mass is 79.9. The smallest absolute Gasteiger partial charge is 0.244 e. The van der Waals surface area contributed by atoms with Crippen molar-refractivity contribution in [1.29, 1.82) is 0 Å². The molecule has 0 aromatic carbocycles. The largest absolute Gasteiger partial charge is 0.381 e. The molecule has 1 aliphatic heterocycles. The lowest BCUT2D eigenvalue weighted by molar-refractivity contribution is 0.0495. The van der Waals surface area contributed by atoms with Crippen molar-refractivity contribution in [3.8, 4) is 0 Å². The molecule has 114 valence electrons. The summed E-state index contributed by atoms with van der Waals surface area (Å²) in [7, 11) is -1.86. The highest BCUT2D eigenvalue weighted by Crippen LogP contribution is 2.34. The normalized spacial score (nSPS) is 20.5. The Bertz CT molecular complexity index is 555. The summed E-state index contributed by atoms with van der Waals surface area (Å²) in [6, 6.07) is 1.64. The van der Waals surface area contributed by atoms with Gasteiger partial charge < -0.3 is 4.74 Å². The predicted octanol–water partition coefficient (Wildman–Crippen LogP) is 3.30. The lowest BCUT2D eigenvalue weighted by atomic mass is 10.0. The lowest BCUT2D eigenvalue weighted by Gasteiger charge is -2.26. The summed E-state index contributed by atoms with van der Waals surface area (Å²) in [6.07, 6.45) is 2.01. The molecule has 1 aromatic rings. The molecule has 2 heterocycles. The molecule has 0 aliphatic carbocycles. The van der Waals surface area contributed by atoms with Crippen molar-refractivity contribution < 1.29 is 13.2 Å². The molecule has 0 bridgehead atoms. The third-order valence-electron chi connectivity index (χ3n) is 3.30. The fraction of sp³-hybridized carbons (Fsp3) is 0.667. The zero-order valence-electron chi connectivity index (χ0n) is 11.1. The van der Waals surface area contributed by atoms with E-state index in [1.165, 1.54) is 15.6 Å². The van der Waals surface area contributed by atoms with E-state index in [2.05, 4.69) is 15.9 Å². The molecule has 0 saturated carbocycles. The minimum absolute atomic E-state index is 0.272. The molecule has 1 saturated heterocycles. The van der Waals surface area contributed by atoms with E-state index in [1.807, 2.05) is 0 Å². The van der Waals surface area contributed by atoms with E-state index in [1.54, 1.807) is 13.1 Å². The van der Waals surface area contributed by atoms with Crippen LogP contribution in [0, 0.1) is 5.92 Å². The Kier molecular flexibility index (Phi) is 5.90. The van der Waals surface area contributed by atoms with Gasteiger partial charge in [-0.15, -0.1) is 22.9 Å². The van der Waals surface area contributed by atoms with Gasteiger partial charge in [0, 0.05) is 25.1 Å². The summed E-state index contributed by atoms with van der Waals surface area (Å²) in [4.78, 5) is 1.14. The van der Waals surface area contributed by atoms with Crippen LogP contribution in [0.25, 0.3) is 0 Å². The summed E-state index contributed by atoms with van der Waals surface area (Å²) in [6.45, 7) is 1.90. The predicted molar refractivity (Wildman–Crippen MR) is 84.9 cm³/mol. The van der Waals surface area contributed by atoms with Gasteiger partial charge in [-0.1, -0.05) is 0 Å². The fourth-order valence-electron chi connectivity index (χ4n) is 2.22. The summed E-state index contributed by atoms with van der Waals surface area (Å²) >= 11 is 10.4. The van der Waals surface area contributed by atoms with Crippen molar-refractivity contribution in [3.05, 3.63) is 14.7 Å². The van der Waals surface area contributed by atoms with Crippen LogP contribution >= 0.6 is 38.9 Å². The average molecular weight is 403 g/mol. The van der Waals surface area contributed by atoms with Crippen LogP contribution in [0.5, 0.6) is 0 Å². The van der Waals surface area contributed by atoms with Crippen molar-refractivity contribution in [2.75, 3.05) is 26.8 Å². The first-order chi connectivity index (χ1) is 9.45. The molecular formula is C12H17BrClNO3S2. The molecule has 0 radical (unpaired) electrons. The van der Waals surface area contributed by atoms with E-state index in [9.17, 15) is 8.42 Å². The Hall–Kier alpha value is 0.340. The number of nitrogens with zero attached hydrogens (tertiary/aromatic N) is 1. The van der Waals surface area contributed by atoms with Gasteiger partial charge in [0.2, 0.25) is 10.0 Å². The molecule has 1 unspecified atom stereocenters. The first-order valence-corrected chi connectivity index (χ1v) is 9.92. The van der Waals surface area contributed by atoms with E-state index >= 15 is 0 Å². The van der Waals surface area contributed by atoms with Gasteiger partial charge in [0.25, 0.3) is 0 Å². The Morgan fingerprint density at radius 1 is 1.60 bits per heavy atom. The molecule has 2 rings (SSSR count). The quantitative estimate of drug-likeness (QED) is 0.710. The van der Waals surface area contributed by atoms with Crippen LogP contribution in [0.15, 0.2) is 14.7 Å². The van der Waals surface area contributed by atoms with E-state index in [4.69, 9.17) is 16.3 Å². The third-order valence-corrected chi connectivity index (χ3v) is 7.82. The zero-order valence-corrected chi connectivity index (χ0v) is 15.1. The molecule has 1 fully saturated rings. The van der Waals surface area contributed by atoms with Crippen LogP contribution in [0.2, 0.25) is 0 Å². The minimum atomic E-state index is -3.48. The van der Waals surface area contributed by atoms with Gasteiger partial charge in [0.05, 0.1) is 16.3 Å². The van der Waals surface area contributed by atoms with Crippen molar-refractivity contribution >= 4 is 48.9 Å². The number of thiophene rings is 1. The maximum atomic E-state index is 12.6. The second-order valence-corrected chi connectivity index (χ2v) is 9.59. The Labute approximate surface area is 137 Å². The third kappa shape index (κ3) is 3.75. The van der Waals surface area contributed by atoms with Gasteiger partial charge in [0.15, 0.2) is 0 Å². The number of halogens is 2. The van der Waals surface area contributed by atoms with Crippen molar-refractivity contribution in [2.24, 2.45) is 5.92 Å². The molecule has 4 nitrogen and oxygen atoms in total. The van der Waals surface area contributed by atoms with Crippen LogP contribution in [0.1, 0.15) is 17.7 Å². The Morgan fingerprint density at radius 2 is 2.35 bits per heavy atom. The van der Waals surface area contributed by atoms with E-state index < -0.39 is 10.0 Å². The second kappa shape index (κ2) is 7.07. The Balaban J connectivity index is 2.13. The molecule has 1 aromatic heterocycles. The lowest BCUT2D eigenvalue weighted by Crippen LogP contribution is -2.35. The molecule has 1 atom stereocenters. The number of alkyl halides is 1. The van der Waals surface area contributed by atoms with Crippen LogP contribution in [-0.4, -0.2) is 39.5 Å². The molecular weight excluding hydrogens is 386 g/mol. The number of ether oxygens (including phenoxy) is 1. The SMILES string of the molecule is CN(CC1CCCOC1)S(=O)(=O)c1cc(CCl)sc1Br. The van der Waals surface area contributed by atoms with Crippen LogP contribution in [0.4, 0.5) is 0 Å². The van der Waals surface area contributed by atoms with E-state index in [-0.39, 0.29) is 5.92 Å². The molecule has 1 aliphatic rings. The standard InChI is InChI=1S/C12H17BrClNO3S2/c1-15(7-9-3-2-4-18-8-9)20(16,17)11-5-10(6-14)19-12(11)13/h5,9H,2-4,6-8H2,1H3. The van der Waals surface area contributed by atoms with Gasteiger partial charge in [-0.2, -0.15) is 0 Å². The fourth-order valence-corrected chi connectivity index (χ4v) is 6.19. The second-order valence-electron chi connectivity index (χ2n) is 4.85. The maximum Gasteiger partial charge on any atom is 0.244 e. The number of rotatable bonds is 5. The van der Waals surface area contributed by atoms with Gasteiger partial charge in [0.1, 0.15) is 4.90 Å². The summed E-state index contributed by atoms with van der Waals surface area (Å²) < 4.78 is 32.6. The van der Waals surface area contributed by atoms with Gasteiger partial charge in [-0.05, 0) is 40.8 Å². The van der Waals surface area contributed by atoms with Crippen LogP contribution < -0.4 is 0 Å². The first-order valence-electron chi connectivity index (χ1n) is 6.33. The van der Waals surface area contributed by atoms with Crippen molar-refractivity contribution in [2.45, 2.75) is 23.6 Å². The van der Waals surface area contributed by atoms with Crippen molar-refractivity contribution in [3.63, 3.8) is 0 Å². The molecule has 0 amide bonds. The van der Waals surface area contributed by atoms with Crippen molar-refractivity contribution in [1.82, 2.24) is 4.31 Å².